The second-order valence-electron chi connectivity index (χ2n) is 4.11. The van der Waals surface area contributed by atoms with Gasteiger partial charge in [0.1, 0.15) is 18.2 Å². The Labute approximate surface area is 128 Å². The number of nitro benzene ring substituents is 1. The van der Waals surface area contributed by atoms with Crippen molar-refractivity contribution in [2.45, 2.75) is 6.61 Å². The first-order chi connectivity index (χ1) is 10.0. The van der Waals surface area contributed by atoms with Crippen LogP contribution in [0.25, 0.3) is 0 Å². The number of benzene rings is 2. The van der Waals surface area contributed by atoms with Gasteiger partial charge in [-0.2, -0.15) is 0 Å². The van der Waals surface area contributed by atoms with Crippen LogP contribution in [0.2, 0.25) is 0 Å². The van der Waals surface area contributed by atoms with E-state index in [-0.39, 0.29) is 16.8 Å². The number of nitrogens with zero attached hydrogens (tertiary/aromatic N) is 1. The molecule has 0 fully saturated rings. The fraction of sp³-hybridized carbons (Fsp3) is 0.0769. The topological polar surface area (TPSA) is 90.4 Å². The van der Waals surface area contributed by atoms with E-state index in [1.807, 2.05) is 0 Å². The minimum Gasteiger partial charge on any atom is -0.489 e. The van der Waals surface area contributed by atoms with Crippen molar-refractivity contribution < 1.29 is 14.1 Å². The lowest BCUT2D eigenvalue weighted by Gasteiger charge is -2.11. The van der Waals surface area contributed by atoms with Gasteiger partial charge in [-0.1, -0.05) is 0 Å². The number of hydrogen-bond donors (Lipinski definition) is 2. The minimum absolute atomic E-state index is 0.0548. The Hall–Kier alpha value is -2.19. The number of nitrogens with one attached hydrogen (secondary N) is 1. The number of halogens is 2. The SMILES string of the molecule is NNc1ccc([N+](=O)[O-])cc1COc1ccc(F)c(Br)c1. The summed E-state index contributed by atoms with van der Waals surface area (Å²) in [6.45, 7) is 0.0548. The summed E-state index contributed by atoms with van der Waals surface area (Å²) in [5, 5.41) is 10.8. The molecule has 0 atom stereocenters. The molecule has 0 aliphatic heterocycles. The van der Waals surface area contributed by atoms with Crippen LogP contribution in [-0.2, 0) is 6.61 Å². The molecule has 21 heavy (non-hydrogen) atoms. The molecule has 0 radical (unpaired) electrons. The van der Waals surface area contributed by atoms with Crippen molar-refractivity contribution in [2.24, 2.45) is 5.84 Å². The number of nitro groups is 1. The van der Waals surface area contributed by atoms with E-state index in [0.717, 1.165) is 0 Å². The zero-order valence-electron chi connectivity index (χ0n) is 10.7. The van der Waals surface area contributed by atoms with Crippen LogP contribution >= 0.6 is 15.9 Å². The van der Waals surface area contributed by atoms with Crippen molar-refractivity contribution >= 4 is 27.3 Å². The average molecular weight is 356 g/mol. The predicted molar refractivity (Wildman–Crippen MR) is 79.3 cm³/mol. The highest BCUT2D eigenvalue weighted by molar-refractivity contribution is 9.10. The van der Waals surface area contributed by atoms with Crippen molar-refractivity contribution in [3.63, 3.8) is 0 Å². The number of nitrogen functional groups attached to an aromatic ring is 1. The summed E-state index contributed by atoms with van der Waals surface area (Å²) in [6.07, 6.45) is 0. The Balaban J connectivity index is 2.19. The Morgan fingerprint density at radius 2 is 2.10 bits per heavy atom. The first-order valence-electron chi connectivity index (χ1n) is 5.83. The summed E-state index contributed by atoms with van der Waals surface area (Å²) in [5.41, 5.74) is 3.42. The van der Waals surface area contributed by atoms with Gasteiger partial charge in [-0.25, -0.2) is 4.39 Å². The molecule has 0 unspecified atom stereocenters. The van der Waals surface area contributed by atoms with Crippen molar-refractivity contribution in [2.75, 3.05) is 5.43 Å². The fourth-order valence-electron chi connectivity index (χ4n) is 1.68. The monoisotopic (exact) mass is 355 g/mol. The average Bonchev–Trinajstić information content (AvgIpc) is 2.48. The Morgan fingerprint density at radius 1 is 1.33 bits per heavy atom. The van der Waals surface area contributed by atoms with E-state index in [1.54, 1.807) is 0 Å². The molecular weight excluding hydrogens is 345 g/mol. The molecule has 0 saturated carbocycles. The molecule has 0 aliphatic carbocycles. The molecule has 6 nitrogen and oxygen atoms in total. The number of hydrazine groups is 1. The maximum atomic E-state index is 13.1. The molecule has 0 aromatic heterocycles. The first kappa shape index (κ1) is 15.2. The third kappa shape index (κ3) is 3.67. The van der Waals surface area contributed by atoms with Gasteiger partial charge in [0.2, 0.25) is 0 Å². The summed E-state index contributed by atoms with van der Waals surface area (Å²) in [4.78, 5) is 10.3. The van der Waals surface area contributed by atoms with E-state index < -0.39 is 10.7 Å². The first-order valence-corrected chi connectivity index (χ1v) is 6.62. The number of hydrogen-bond acceptors (Lipinski definition) is 5. The summed E-state index contributed by atoms with van der Waals surface area (Å²) >= 11 is 3.05. The number of anilines is 1. The van der Waals surface area contributed by atoms with Gasteiger partial charge >= 0.3 is 0 Å². The summed E-state index contributed by atoms with van der Waals surface area (Å²) < 4.78 is 18.9. The van der Waals surface area contributed by atoms with Crippen LogP contribution in [0.1, 0.15) is 5.56 Å². The molecule has 0 bridgehead atoms. The van der Waals surface area contributed by atoms with E-state index >= 15 is 0 Å². The minimum atomic E-state index is -0.502. The van der Waals surface area contributed by atoms with Crippen molar-refractivity contribution in [1.82, 2.24) is 0 Å². The maximum Gasteiger partial charge on any atom is 0.269 e. The molecule has 2 aromatic carbocycles. The molecule has 110 valence electrons. The van der Waals surface area contributed by atoms with E-state index in [9.17, 15) is 14.5 Å². The Morgan fingerprint density at radius 3 is 2.71 bits per heavy atom. The molecule has 3 N–H and O–H groups in total. The normalized spacial score (nSPS) is 10.2. The molecular formula is C13H11BrFN3O3. The van der Waals surface area contributed by atoms with Crippen LogP contribution in [0.15, 0.2) is 40.9 Å². The number of rotatable bonds is 5. The zero-order chi connectivity index (χ0) is 15.4. The van der Waals surface area contributed by atoms with E-state index in [0.29, 0.717) is 17.0 Å². The largest absolute Gasteiger partial charge is 0.489 e. The van der Waals surface area contributed by atoms with Crippen LogP contribution < -0.4 is 16.0 Å². The van der Waals surface area contributed by atoms with Gasteiger partial charge in [-0.3, -0.25) is 16.0 Å². The quantitative estimate of drug-likeness (QED) is 0.487. The Bertz CT molecular complexity index is 682. The molecule has 2 aromatic rings. The molecule has 0 spiro atoms. The molecule has 0 saturated heterocycles. The molecule has 8 heteroatoms. The van der Waals surface area contributed by atoms with Gasteiger partial charge in [0.15, 0.2) is 0 Å². The lowest BCUT2D eigenvalue weighted by Crippen LogP contribution is -2.10. The van der Waals surface area contributed by atoms with Crippen LogP contribution in [0.4, 0.5) is 15.8 Å². The van der Waals surface area contributed by atoms with Gasteiger partial charge < -0.3 is 10.2 Å². The summed E-state index contributed by atoms with van der Waals surface area (Å²) in [7, 11) is 0. The third-order valence-corrected chi connectivity index (χ3v) is 3.35. The molecule has 0 aliphatic rings. The van der Waals surface area contributed by atoms with Gasteiger partial charge in [0, 0.05) is 17.7 Å². The van der Waals surface area contributed by atoms with E-state index in [1.165, 1.54) is 36.4 Å². The smallest absolute Gasteiger partial charge is 0.269 e. The summed E-state index contributed by atoms with van der Waals surface area (Å²) in [6, 6.07) is 8.41. The zero-order valence-corrected chi connectivity index (χ0v) is 12.3. The highest BCUT2D eigenvalue weighted by Crippen LogP contribution is 2.25. The third-order valence-electron chi connectivity index (χ3n) is 2.74. The lowest BCUT2D eigenvalue weighted by molar-refractivity contribution is -0.384. The van der Waals surface area contributed by atoms with Crippen molar-refractivity contribution in [3.8, 4) is 5.75 Å². The van der Waals surface area contributed by atoms with Crippen LogP contribution in [0, 0.1) is 15.9 Å². The standard InChI is InChI=1S/C13H11BrFN3O3/c14-11-6-10(2-3-12(11)15)21-7-8-5-9(18(19)20)1-4-13(8)17-16/h1-6,17H,7,16H2. The van der Waals surface area contributed by atoms with Gasteiger partial charge in [-0.05, 0) is 40.2 Å². The molecule has 0 heterocycles. The molecule has 2 rings (SSSR count). The Kier molecular flexibility index (Phi) is 4.71. The van der Waals surface area contributed by atoms with Gasteiger partial charge in [0.25, 0.3) is 5.69 Å². The highest BCUT2D eigenvalue weighted by atomic mass is 79.9. The highest BCUT2D eigenvalue weighted by Gasteiger charge is 2.11. The molecule has 0 amide bonds. The maximum absolute atomic E-state index is 13.1. The van der Waals surface area contributed by atoms with E-state index in [4.69, 9.17) is 10.6 Å². The predicted octanol–water partition coefficient (Wildman–Crippen LogP) is 3.36. The second kappa shape index (κ2) is 6.51. The number of ether oxygens (including phenoxy) is 1. The summed E-state index contributed by atoms with van der Waals surface area (Å²) in [5.74, 6) is 5.38. The fourth-order valence-corrected chi connectivity index (χ4v) is 2.04. The van der Waals surface area contributed by atoms with Crippen LogP contribution in [-0.4, -0.2) is 4.92 Å². The van der Waals surface area contributed by atoms with E-state index in [2.05, 4.69) is 21.4 Å². The number of nitrogens with two attached hydrogens (primary N) is 1. The van der Waals surface area contributed by atoms with Crippen LogP contribution in [0.5, 0.6) is 5.75 Å². The van der Waals surface area contributed by atoms with Gasteiger partial charge in [-0.15, -0.1) is 0 Å². The lowest BCUT2D eigenvalue weighted by atomic mass is 10.1. The van der Waals surface area contributed by atoms with Gasteiger partial charge in [0.05, 0.1) is 15.1 Å². The van der Waals surface area contributed by atoms with Crippen LogP contribution in [0.3, 0.4) is 0 Å². The van der Waals surface area contributed by atoms with Crippen molar-refractivity contribution in [3.05, 3.63) is 62.4 Å². The number of non-ortho nitro benzene ring substituents is 1. The second-order valence-corrected chi connectivity index (χ2v) is 4.96. The van der Waals surface area contributed by atoms with Crippen molar-refractivity contribution in [1.29, 1.82) is 0 Å².